The highest BCUT2D eigenvalue weighted by Crippen LogP contribution is 2.27. The first-order chi connectivity index (χ1) is 7.16. The molecule has 0 atom stereocenters. The fourth-order valence-electron chi connectivity index (χ4n) is 1.01. The zero-order valence-corrected chi connectivity index (χ0v) is 8.67. The van der Waals surface area contributed by atoms with Gasteiger partial charge in [-0.25, -0.2) is 9.97 Å². The predicted octanol–water partition coefficient (Wildman–Crippen LogP) is 1.66. The minimum Gasteiger partial charge on any atom is -0.432 e. The molecule has 0 aromatic carbocycles. The zero-order chi connectivity index (χ0) is 10.8. The summed E-state index contributed by atoms with van der Waals surface area (Å²) in [4.78, 5) is 19.4. The monoisotopic (exact) mass is 224 g/mol. The Labute approximate surface area is 89.1 Å². The van der Waals surface area contributed by atoms with Gasteiger partial charge in [-0.1, -0.05) is 11.3 Å². The lowest BCUT2D eigenvalue weighted by Gasteiger charge is -1.92. The van der Waals surface area contributed by atoms with Crippen LogP contribution in [0.4, 0.5) is 17.0 Å². The number of nitrogens with zero attached hydrogens (tertiary/aromatic N) is 2. The average Bonchev–Trinajstić information content (AvgIpc) is 2.75. The third-order valence-corrected chi connectivity index (χ3v) is 2.71. The molecule has 78 valence electrons. The van der Waals surface area contributed by atoms with Crippen LogP contribution in [0.15, 0.2) is 16.9 Å². The quantitative estimate of drug-likeness (QED) is 0.770. The summed E-state index contributed by atoms with van der Waals surface area (Å²) < 4.78 is 4.97. The molecule has 2 aromatic heterocycles. The van der Waals surface area contributed by atoms with Crippen molar-refractivity contribution in [3.63, 3.8) is 0 Å². The second-order valence-corrected chi connectivity index (χ2v) is 3.75. The van der Waals surface area contributed by atoms with Crippen molar-refractivity contribution in [1.82, 2.24) is 9.97 Å². The highest BCUT2D eigenvalue weighted by Gasteiger charge is 2.13. The summed E-state index contributed by atoms with van der Waals surface area (Å²) in [5.74, 6) is 0.118. The van der Waals surface area contributed by atoms with Gasteiger partial charge in [-0.2, -0.15) is 0 Å². The third-order valence-electron chi connectivity index (χ3n) is 1.62. The minimum atomic E-state index is -0.106. The van der Waals surface area contributed by atoms with E-state index in [2.05, 4.69) is 15.3 Å². The van der Waals surface area contributed by atoms with Gasteiger partial charge < -0.3 is 10.2 Å². The lowest BCUT2D eigenvalue weighted by Crippen LogP contribution is -1.95. The highest BCUT2D eigenvalue weighted by atomic mass is 32.1. The molecule has 0 radical (unpaired) electrons. The topological polar surface area (TPSA) is 94.0 Å². The Hall–Kier alpha value is -1.89. The Kier molecular flexibility index (Phi) is 2.38. The van der Waals surface area contributed by atoms with Crippen LogP contribution in [0.2, 0.25) is 0 Å². The molecule has 0 aliphatic rings. The van der Waals surface area contributed by atoms with E-state index < -0.39 is 0 Å². The number of rotatable bonds is 3. The number of aromatic nitrogens is 2. The molecule has 0 fully saturated rings. The minimum absolute atomic E-state index is 0.106. The number of nitrogen functional groups attached to an aromatic ring is 1. The summed E-state index contributed by atoms with van der Waals surface area (Å²) in [6.45, 7) is 1.44. The Morgan fingerprint density at radius 3 is 3.00 bits per heavy atom. The van der Waals surface area contributed by atoms with E-state index in [4.69, 9.17) is 10.2 Å². The number of Topliss-reactive ketones (excluding diaryl/α,β-unsaturated/α-hetero) is 1. The Balaban J connectivity index is 2.23. The molecular weight excluding hydrogens is 216 g/mol. The molecule has 0 amide bonds. The third kappa shape index (κ3) is 1.96. The molecule has 0 saturated carbocycles. The predicted molar refractivity (Wildman–Crippen MR) is 56.3 cm³/mol. The van der Waals surface area contributed by atoms with Crippen LogP contribution >= 0.6 is 11.3 Å². The van der Waals surface area contributed by atoms with Crippen LogP contribution in [-0.4, -0.2) is 15.8 Å². The number of nitrogens with one attached hydrogen (secondary N) is 1. The summed E-state index contributed by atoms with van der Waals surface area (Å²) in [7, 11) is 0. The van der Waals surface area contributed by atoms with Gasteiger partial charge in [0.1, 0.15) is 17.0 Å². The van der Waals surface area contributed by atoms with Crippen molar-refractivity contribution in [2.24, 2.45) is 0 Å². The van der Waals surface area contributed by atoms with Crippen molar-refractivity contribution in [2.45, 2.75) is 6.92 Å². The van der Waals surface area contributed by atoms with Crippen molar-refractivity contribution in [2.75, 3.05) is 11.1 Å². The number of ketones is 1. The number of anilines is 3. The van der Waals surface area contributed by atoms with E-state index in [-0.39, 0.29) is 11.6 Å². The SMILES string of the molecule is CC(=O)c1sc(Nc2ncco2)nc1N. The summed E-state index contributed by atoms with van der Waals surface area (Å²) in [6, 6.07) is 0.318. The van der Waals surface area contributed by atoms with Crippen molar-refractivity contribution < 1.29 is 9.21 Å². The maximum Gasteiger partial charge on any atom is 0.300 e. The van der Waals surface area contributed by atoms with Crippen LogP contribution in [0, 0.1) is 0 Å². The number of nitrogens with two attached hydrogens (primary N) is 1. The van der Waals surface area contributed by atoms with Crippen LogP contribution < -0.4 is 11.1 Å². The molecule has 3 N–H and O–H groups in total. The van der Waals surface area contributed by atoms with Gasteiger partial charge in [0.2, 0.25) is 0 Å². The first-order valence-corrected chi connectivity index (χ1v) is 4.92. The average molecular weight is 224 g/mol. The van der Waals surface area contributed by atoms with Crippen LogP contribution in [0.3, 0.4) is 0 Å². The van der Waals surface area contributed by atoms with E-state index in [9.17, 15) is 4.79 Å². The molecule has 2 rings (SSSR count). The maximum absolute atomic E-state index is 11.1. The van der Waals surface area contributed by atoms with Gasteiger partial charge in [0, 0.05) is 6.92 Å². The van der Waals surface area contributed by atoms with Gasteiger partial charge in [0.15, 0.2) is 10.9 Å². The van der Waals surface area contributed by atoms with E-state index >= 15 is 0 Å². The van der Waals surface area contributed by atoms with E-state index in [1.54, 1.807) is 0 Å². The first kappa shape index (κ1) is 9.66. The summed E-state index contributed by atoms with van der Waals surface area (Å²) in [5, 5.41) is 3.28. The molecule has 7 heteroatoms. The first-order valence-electron chi connectivity index (χ1n) is 4.10. The molecule has 2 aromatic rings. The van der Waals surface area contributed by atoms with Crippen molar-refractivity contribution in [3.8, 4) is 0 Å². The van der Waals surface area contributed by atoms with Crippen molar-refractivity contribution >= 4 is 34.1 Å². The van der Waals surface area contributed by atoms with Gasteiger partial charge in [-0.05, 0) is 0 Å². The van der Waals surface area contributed by atoms with Gasteiger partial charge in [0.25, 0.3) is 0 Å². The number of hydrogen-bond acceptors (Lipinski definition) is 7. The van der Waals surface area contributed by atoms with Gasteiger partial charge in [-0.15, -0.1) is 0 Å². The van der Waals surface area contributed by atoms with E-state index in [0.29, 0.717) is 16.0 Å². The molecule has 15 heavy (non-hydrogen) atoms. The molecule has 0 spiro atoms. The van der Waals surface area contributed by atoms with Gasteiger partial charge in [-0.3, -0.25) is 10.1 Å². The number of carbonyl (C=O) groups excluding carboxylic acids is 1. The fraction of sp³-hybridized carbons (Fsp3) is 0.125. The largest absolute Gasteiger partial charge is 0.432 e. The Bertz CT molecular complexity index is 477. The summed E-state index contributed by atoms with van der Waals surface area (Å²) >= 11 is 1.17. The van der Waals surface area contributed by atoms with Crippen LogP contribution in [0.1, 0.15) is 16.6 Å². The van der Waals surface area contributed by atoms with Crippen LogP contribution in [-0.2, 0) is 0 Å². The van der Waals surface area contributed by atoms with Crippen molar-refractivity contribution in [1.29, 1.82) is 0 Å². The van der Waals surface area contributed by atoms with Crippen LogP contribution in [0.25, 0.3) is 0 Å². The second kappa shape index (κ2) is 3.70. The normalized spacial score (nSPS) is 10.2. The smallest absolute Gasteiger partial charge is 0.300 e. The Morgan fingerprint density at radius 1 is 1.67 bits per heavy atom. The molecule has 0 aliphatic heterocycles. The molecule has 0 aliphatic carbocycles. The summed E-state index contributed by atoms with van der Waals surface area (Å²) in [5.41, 5.74) is 5.56. The van der Waals surface area contributed by atoms with E-state index in [1.165, 1.54) is 30.7 Å². The van der Waals surface area contributed by atoms with Crippen LogP contribution in [0.5, 0.6) is 0 Å². The number of thiazole rings is 1. The van der Waals surface area contributed by atoms with E-state index in [0.717, 1.165) is 0 Å². The number of oxazole rings is 1. The molecular formula is C8H8N4O2S. The zero-order valence-electron chi connectivity index (χ0n) is 7.85. The lowest BCUT2D eigenvalue weighted by atomic mass is 10.4. The lowest BCUT2D eigenvalue weighted by molar-refractivity contribution is 0.102. The number of carbonyl (C=O) groups is 1. The molecule has 6 nitrogen and oxygen atoms in total. The van der Waals surface area contributed by atoms with Gasteiger partial charge >= 0.3 is 6.01 Å². The van der Waals surface area contributed by atoms with E-state index in [1.807, 2.05) is 0 Å². The summed E-state index contributed by atoms with van der Waals surface area (Å²) in [6.07, 6.45) is 2.94. The molecule has 0 unspecified atom stereocenters. The second-order valence-electron chi connectivity index (χ2n) is 2.75. The fourth-order valence-corrected chi connectivity index (χ4v) is 1.78. The highest BCUT2D eigenvalue weighted by molar-refractivity contribution is 7.18. The Morgan fingerprint density at radius 2 is 2.47 bits per heavy atom. The molecule has 2 heterocycles. The number of hydrogen-bond donors (Lipinski definition) is 2. The maximum atomic E-state index is 11.1. The molecule has 0 bridgehead atoms. The molecule has 0 saturated heterocycles. The standard InChI is InChI=1S/C8H8N4O2S/c1-4(13)5-6(9)11-8(15-5)12-7-10-2-3-14-7/h2-3H,9H2,1H3,(H,10,11,12). The van der Waals surface area contributed by atoms with Gasteiger partial charge in [0.05, 0.1) is 6.20 Å². The van der Waals surface area contributed by atoms with Crippen molar-refractivity contribution in [3.05, 3.63) is 17.3 Å².